The van der Waals surface area contributed by atoms with Gasteiger partial charge in [0.25, 0.3) is 0 Å². The second kappa shape index (κ2) is 10.7. The van der Waals surface area contributed by atoms with Crippen molar-refractivity contribution in [2.75, 3.05) is 26.9 Å². The van der Waals surface area contributed by atoms with E-state index < -0.39 is 0 Å². The number of halogens is 1. The average Bonchev–Trinajstić information content (AvgIpc) is 2.90. The number of nitrogens with zero attached hydrogens (tertiary/aromatic N) is 1. The molecule has 0 bridgehead atoms. The Bertz CT molecular complexity index is 820. The number of ether oxygens (including phenoxy) is 3. The second-order valence-corrected chi connectivity index (χ2v) is 8.15. The van der Waals surface area contributed by atoms with E-state index in [9.17, 15) is 0 Å². The van der Waals surface area contributed by atoms with Gasteiger partial charge >= 0.3 is 0 Å². The van der Waals surface area contributed by atoms with Crippen LogP contribution in [-0.4, -0.2) is 32.6 Å². The number of benzene rings is 2. The summed E-state index contributed by atoms with van der Waals surface area (Å²) in [6, 6.07) is 14.2. The fourth-order valence-electron chi connectivity index (χ4n) is 3.34. The molecular weight excluding hydrogens is 386 g/mol. The molecule has 2 aromatic rings. The third kappa shape index (κ3) is 5.97. The molecule has 1 atom stereocenters. The summed E-state index contributed by atoms with van der Waals surface area (Å²) in [7, 11) is 1.69. The standard InChI is InChI=1S/C24H30ClNO3/c1-17(2)19-12-22(26-15-18-8-5-4-6-9-18)20-13-21(25)24(14-23(20)29-16-19)28-11-7-10-27-3/h4-6,8-9,13-14,17,19H,7,10-12,15-16H2,1-3H3. The van der Waals surface area contributed by atoms with Crippen LogP contribution in [0.15, 0.2) is 47.5 Å². The van der Waals surface area contributed by atoms with E-state index in [1.807, 2.05) is 30.3 Å². The van der Waals surface area contributed by atoms with Gasteiger partial charge in [0.1, 0.15) is 11.5 Å². The molecule has 1 heterocycles. The van der Waals surface area contributed by atoms with Gasteiger partial charge < -0.3 is 14.2 Å². The fourth-order valence-corrected chi connectivity index (χ4v) is 3.56. The van der Waals surface area contributed by atoms with Gasteiger partial charge in [-0.05, 0) is 24.0 Å². The first-order chi connectivity index (χ1) is 14.1. The van der Waals surface area contributed by atoms with E-state index in [1.54, 1.807) is 7.11 Å². The zero-order valence-electron chi connectivity index (χ0n) is 17.5. The quantitative estimate of drug-likeness (QED) is 0.511. The first-order valence-electron chi connectivity index (χ1n) is 10.2. The van der Waals surface area contributed by atoms with Crippen LogP contribution in [0, 0.1) is 11.8 Å². The van der Waals surface area contributed by atoms with Gasteiger partial charge in [-0.3, -0.25) is 4.99 Å². The van der Waals surface area contributed by atoms with Crippen LogP contribution in [0.2, 0.25) is 5.02 Å². The smallest absolute Gasteiger partial charge is 0.141 e. The molecule has 2 aromatic carbocycles. The second-order valence-electron chi connectivity index (χ2n) is 7.74. The molecule has 1 unspecified atom stereocenters. The van der Waals surface area contributed by atoms with Gasteiger partial charge in [0, 0.05) is 43.4 Å². The predicted octanol–water partition coefficient (Wildman–Crippen LogP) is 5.80. The van der Waals surface area contributed by atoms with E-state index in [0.29, 0.717) is 49.0 Å². The monoisotopic (exact) mass is 415 g/mol. The van der Waals surface area contributed by atoms with Gasteiger partial charge in [-0.15, -0.1) is 0 Å². The third-order valence-electron chi connectivity index (χ3n) is 5.24. The van der Waals surface area contributed by atoms with Crippen LogP contribution in [0.3, 0.4) is 0 Å². The molecule has 0 N–H and O–H groups in total. The molecule has 0 saturated carbocycles. The number of methoxy groups -OCH3 is 1. The van der Waals surface area contributed by atoms with E-state index in [4.69, 9.17) is 30.8 Å². The van der Waals surface area contributed by atoms with Crippen LogP contribution in [0.1, 0.15) is 37.8 Å². The Kier molecular flexibility index (Phi) is 7.96. The van der Waals surface area contributed by atoms with Crippen molar-refractivity contribution in [1.29, 1.82) is 0 Å². The third-order valence-corrected chi connectivity index (χ3v) is 5.54. The molecule has 1 aliphatic heterocycles. The fraction of sp³-hybridized carbons (Fsp3) is 0.458. The number of fused-ring (bicyclic) bond motifs is 1. The van der Waals surface area contributed by atoms with Crippen LogP contribution in [-0.2, 0) is 11.3 Å². The minimum absolute atomic E-state index is 0.404. The Morgan fingerprint density at radius 3 is 2.69 bits per heavy atom. The lowest BCUT2D eigenvalue weighted by atomic mass is 9.90. The normalized spacial score (nSPS) is 17.7. The Morgan fingerprint density at radius 1 is 1.17 bits per heavy atom. The topological polar surface area (TPSA) is 40.0 Å². The van der Waals surface area contributed by atoms with E-state index in [0.717, 1.165) is 29.9 Å². The summed E-state index contributed by atoms with van der Waals surface area (Å²) in [6.07, 6.45) is 1.69. The highest BCUT2D eigenvalue weighted by molar-refractivity contribution is 6.32. The van der Waals surface area contributed by atoms with Crippen LogP contribution in [0.25, 0.3) is 0 Å². The maximum absolute atomic E-state index is 6.54. The lowest BCUT2D eigenvalue weighted by Gasteiger charge is -2.18. The Morgan fingerprint density at radius 2 is 1.97 bits per heavy atom. The van der Waals surface area contributed by atoms with Crippen molar-refractivity contribution in [3.8, 4) is 11.5 Å². The van der Waals surface area contributed by atoms with Gasteiger partial charge in [0.05, 0.1) is 24.8 Å². The summed E-state index contributed by atoms with van der Waals surface area (Å²) >= 11 is 6.54. The van der Waals surface area contributed by atoms with Crippen molar-refractivity contribution >= 4 is 17.3 Å². The lowest BCUT2D eigenvalue weighted by molar-refractivity contribution is 0.172. The van der Waals surface area contributed by atoms with Crippen molar-refractivity contribution in [2.45, 2.75) is 33.2 Å². The van der Waals surface area contributed by atoms with Crippen LogP contribution in [0.4, 0.5) is 0 Å². The first-order valence-corrected chi connectivity index (χ1v) is 10.6. The summed E-state index contributed by atoms with van der Waals surface area (Å²) in [6.45, 7) is 6.99. The number of hydrogen-bond acceptors (Lipinski definition) is 4. The molecule has 0 aromatic heterocycles. The molecule has 0 amide bonds. The van der Waals surface area contributed by atoms with E-state index in [2.05, 4.69) is 26.0 Å². The van der Waals surface area contributed by atoms with Gasteiger partial charge in [-0.1, -0.05) is 55.8 Å². The number of hydrogen-bond donors (Lipinski definition) is 0. The van der Waals surface area contributed by atoms with Crippen molar-refractivity contribution in [3.63, 3.8) is 0 Å². The number of rotatable bonds is 8. The molecule has 0 fully saturated rings. The summed E-state index contributed by atoms with van der Waals surface area (Å²) in [5.41, 5.74) is 3.21. The van der Waals surface area contributed by atoms with Crippen molar-refractivity contribution in [3.05, 3.63) is 58.6 Å². The molecule has 29 heavy (non-hydrogen) atoms. The van der Waals surface area contributed by atoms with Crippen molar-refractivity contribution < 1.29 is 14.2 Å². The minimum Gasteiger partial charge on any atom is -0.492 e. The van der Waals surface area contributed by atoms with Gasteiger partial charge in [0.2, 0.25) is 0 Å². The maximum Gasteiger partial charge on any atom is 0.141 e. The van der Waals surface area contributed by atoms with E-state index in [1.165, 1.54) is 5.56 Å². The largest absolute Gasteiger partial charge is 0.492 e. The Balaban J connectivity index is 1.88. The first kappa shape index (κ1) is 21.7. The average molecular weight is 416 g/mol. The highest BCUT2D eigenvalue weighted by Crippen LogP contribution is 2.37. The lowest BCUT2D eigenvalue weighted by Crippen LogP contribution is -2.18. The molecule has 4 nitrogen and oxygen atoms in total. The molecule has 156 valence electrons. The molecule has 1 aliphatic rings. The summed E-state index contributed by atoms with van der Waals surface area (Å²) in [5.74, 6) is 2.35. The van der Waals surface area contributed by atoms with Gasteiger partial charge in [-0.2, -0.15) is 0 Å². The van der Waals surface area contributed by atoms with Crippen LogP contribution in [0.5, 0.6) is 11.5 Å². The molecule has 0 saturated heterocycles. The van der Waals surface area contributed by atoms with E-state index >= 15 is 0 Å². The zero-order chi connectivity index (χ0) is 20.6. The van der Waals surface area contributed by atoms with Gasteiger partial charge in [0.15, 0.2) is 0 Å². The summed E-state index contributed by atoms with van der Waals surface area (Å²) < 4.78 is 17.1. The van der Waals surface area contributed by atoms with Crippen molar-refractivity contribution in [1.82, 2.24) is 0 Å². The molecular formula is C24H30ClNO3. The summed E-state index contributed by atoms with van der Waals surface area (Å²) in [5, 5.41) is 0.583. The van der Waals surface area contributed by atoms with Crippen LogP contribution < -0.4 is 9.47 Å². The minimum atomic E-state index is 0.404. The Hall–Kier alpha value is -2.04. The molecule has 0 aliphatic carbocycles. The highest BCUT2D eigenvalue weighted by atomic mass is 35.5. The zero-order valence-corrected chi connectivity index (χ0v) is 18.2. The highest BCUT2D eigenvalue weighted by Gasteiger charge is 2.26. The van der Waals surface area contributed by atoms with Gasteiger partial charge in [-0.25, -0.2) is 0 Å². The molecule has 5 heteroatoms. The molecule has 0 spiro atoms. The SMILES string of the molecule is COCCCOc1cc2c(cc1Cl)C(=NCc1ccccc1)CC(C(C)C)CO2. The Labute approximate surface area is 178 Å². The maximum atomic E-state index is 6.54. The summed E-state index contributed by atoms with van der Waals surface area (Å²) in [4.78, 5) is 4.97. The van der Waals surface area contributed by atoms with E-state index in [-0.39, 0.29) is 0 Å². The van der Waals surface area contributed by atoms with Crippen LogP contribution >= 0.6 is 11.6 Å². The molecule has 0 radical (unpaired) electrons. The van der Waals surface area contributed by atoms with Crippen molar-refractivity contribution in [2.24, 2.45) is 16.8 Å². The predicted molar refractivity (Wildman–Crippen MR) is 119 cm³/mol. The number of aliphatic imine (C=N–C) groups is 1. The molecule has 3 rings (SSSR count).